The molecule has 0 bridgehead atoms. The predicted octanol–water partition coefficient (Wildman–Crippen LogP) is 3.72. The molecule has 29 heavy (non-hydrogen) atoms. The van der Waals surface area contributed by atoms with Gasteiger partial charge in [-0.25, -0.2) is 4.98 Å². The van der Waals surface area contributed by atoms with Crippen LogP contribution in [0.15, 0.2) is 36.4 Å². The Balaban J connectivity index is 1.92. The molecule has 2 aromatic carbocycles. The monoisotopic (exact) mass is 409 g/mol. The van der Waals surface area contributed by atoms with Crippen molar-refractivity contribution in [1.82, 2.24) is 9.55 Å². The molecular weight excluding hydrogens is 391 g/mol. The van der Waals surface area contributed by atoms with Crippen molar-refractivity contribution in [3.63, 3.8) is 0 Å². The molecule has 1 aromatic heterocycles. The van der Waals surface area contributed by atoms with Crippen LogP contribution in [0.5, 0.6) is 17.2 Å². The Hall–Kier alpha value is -3.43. The van der Waals surface area contributed by atoms with E-state index in [-0.39, 0.29) is 16.7 Å². The summed E-state index contributed by atoms with van der Waals surface area (Å²) in [5.41, 5.74) is 0.641. The summed E-state index contributed by atoms with van der Waals surface area (Å²) in [6.07, 6.45) is -4.70. The highest BCUT2D eigenvalue weighted by atomic mass is 19.4. The molecule has 0 radical (unpaired) electrons. The molecule has 0 unspecified atom stereocenters. The second-order valence-corrected chi connectivity index (χ2v) is 5.97. The average molecular weight is 409 g/mol. The van der Waals surface area contributed by atoms with Crippen molar-refractivity contribution in [2.24, 2.45) is 0 Å². The molecule has 0 spiro atoms. The molecule has 0 saturated carbocycles. The maximum atomic E-state index is 13.4. The van der Waals surface area contributed by atoms with E-state index in [0.717, 1.165) is 4.57 Å². The third kappa shape index (κ3) is 4.05. The number of ether oxygens (including phenoxy) is 3. The molecule has 0 saturated heterocycles. The van der Waals surface area contributed by atoms with Crippen LogP contribution in [0.25, 0.3) is 11.0 Å². The number of benzene rings is 2. The summed E-state index contributed by atoms with van der Waals surface area (Å²) in [5.74, 6) is -0.892. The highest BCUT2D eigenvalue weighted by molar-refractivity contribution is 5.92. The van der Waals surface area contributed by atoms with Crippen molar-refractivity contribution in [2.45, 2.75) is 12.7 Å². The van der Waals surface area contributed by atoms with E-state index in [0.29, 0.717) is 17.2 Å². The van der Waals surface area contributed by atoms with Crippen LogP contribution in [-0.4, -0.2) is 36.8 Å². The average Bonchev–Trinajstić information content (AvgIpc) is 3.06. The van der Waals surface area contributed by atoms with Crippen LogP contribution in [0.4, 0.5) is 18.9 Å². The molecule has 0 atom stereocenters. The largest absolute Gasteiger partial charge is 0.493 e. The summed E-state index contributed by atoms with van der Waals surface area (Å²) < 4.78 is 56.6. The molecule has 3 aromatic rings. The van der Waals surface area contributed by atoms with Gasteiger partial charge in [0, 0.05) is 17.8 Å². The van der Waals surface area contributed by atoms with Crippen LogP contribution in [0.2, 0.25) is 0 Å². The number of fused-ring (bicyclic) bond motifs is 1. The molecule has 154 valence electrons. The van der Waals surface area contributed by atoms with E-state index in [9.17, 15) is 18.0 Å². The first kappa shape index (κ1) is 20.3. The number of anilines is 1. The number of aromatic nitrogens is 2. The minimum Gasteiger partial charge on any atom is -0.493 e. The smallest absolute Gasteiger partial charge is 0.449 e. The number of hydrogen-bond acceptors (Lipinski definition) is 5. The van der Waals surface area contributed by atoms with Crippen molar-refractivity contribution in [3.8, 4) is 17.2 Å². The van der Waals surface area contributed by atoms with Gasteiger partial charge in [-0.15, -0.1) is 0 Å². The van der Waals surface area contributed by atoms with Crippen molar-refractivity contribution in [2.75, 3.05) is 26.6 Å². The third-order valence-corrected chi connectivity index (χ3v) is 4.16. The Bertz CT molecular complexity index is 1020. The fourth-order valence-electron chi connectivity index (χ4n) is 2.95. The SMILES string of the molecule is COc1cc(NC(=O)Cn2c(C(F)(F)F)nc3ccccc32)cc(OC)c1OC. The van der Waals surface area contributed by atoms with Gasteiger partial charge in [0.05, 0.1) is 32.4 Å². The van der Waals surface area contributed by atoms with E-state index in [4.69, 9.17) is 14.2 Å². The number of nitrogens with one attached hydrogen (secondary N) is 1. The molecule has 7 nitrogen and oxygen atoms in total. The summed E-state index contributed by atoms with van der Waals surface area (Å²) in [6, 6.07) is 9.06. The Labute approximate surface area is 164 Å². The highest BCUT2D eigenvalue weighted by Crippen LogP contribution is 2.40. The summed E-state index contributed by atoms with van der Waals surface area (Å²) in [7, 11) is 4.26. The standard InChI is InChI=1S/C19H18F3N3O4/c1-27-14-8-11(9-15(28-2)17(14)29-3)23-16(26)10-25-13-7-5-4-6-12(13)24-18(25)19(20,21)22/h4-9H,10H2,1-3H3,(H,23,26). The van der Waals surface area contributed by atoms with Crippen LogP contribution < -0.4 is 19.5 Å². The number of methoxy groups -OCH3 is 3. The van der Waals surface area contributed by atoms with Crippen LogP contribution in [0.3, 0.4) is 0 Å². The Morgan fingerprint density at radius 2 is 1.69 bits per heavy atom. The van der Waals surface area contributed by atoms with Crippen molar-refractivity contribution < 1.29 is 32.2 Å². The van der Waals surface area contributed by atoms with Gasteiger partial charge in [-0.1, -0.05) is 12.1 Å². The number of halogens is 3. The van der Waals surface area contributed by atoms with Crippen molar-refractivity contribution in [3.05, 3.63) is 42.2 Å². The highest BCUT2D eigenvalue weighted by Gasteiger charge is 2.38. The van der Waals surface area contributed by atoms with Crippen LogP contribution in [0.1, 0.15) is 5.82 Å². The van der Waals surface area contributed by atoms with Gasteiger partial charge in [-0.3, -0.25) is 4.79 Å². The van der Waals surface area contributed by atoms with Crippen LogP contribution in [0, 0.1) is 0 Å². The Kier molecular flexibility index (Phi) is 5.53. The molecule has 0 aliphatic carbocycles. The van der Waals surface area contributed by atoms with E-state index in [2.05, 4.69) is 10.3 Å². The zero-order chi connectivity index (χ0) is 21.2. The summed E-state index contributed by atoms with van der Waals surface area (Å²) in [6.45, 7) is -0.577. The molecule has 0 fully saturated rings. The lowest BCUT2D eigenvalue weighted by atomic mass is 10.2. The van der Waals surface area contributed by atoms with E-state index in [1.54, 1.807) is 12.1 Å². The fourth-order valence-corrected chi connectivity index (χ4v) is 2.95. The second kappa shape index (κ2) is 7.90. The van der Waals surface area contributed by atoms with E-state index in [1.807, 2.05) is 0 Å². The first-order valence-corrected chi connectivity index (χ1v) is 8.40. The first-order chi connectivity index (χ1) is 13.8. The van der Waals surface area contributed by atoms with Gasteiger partial charge in [0.15, 0.2) is 11.5 Å². The van der Waals surface area contributed by atoms with Crippen LogP contribution in [-0.2, 0) is 17.5 Å². The van der Waals surface area contributed by atoms with E-state index < -0.39 is 24.5 Å². The number of amides is 1. The lowest BCUT2D eigenvalue weighted by Crippen LogP contribution is -2.23. The number of imidazole rings is 1. The number of rotatable bonds is 6. The van der Waals surface area contributed by atoms with Gasteiger partial charge in [0.25, 0.3) is 0 Å². The van der Waals surface area contributed by atoms with Gasteiger partial charge in [-0.05, 0) is 12.1 Å². The Morgan fingerprint density at radius 3 is 2.24 bits per heavy atom. The van der Waals surface area contributed by atoms with Gasteiger partial charge in [-0.2, -0.15) is 13.2 Å². The van der Waals surface area contributed by atoms with Gasteiger partial charge in [0.1, 0.15) is 6.54 Å². The number of hydrogen-bond donors (Lipinski definition) is 1. The lowest BCUT2D eigenvalue weighted by molar-refractivity contribution is -0.147. The number of alkyl halides is 3. The molecule has 1 heterocycles. The quantitative estimate of drug-likeness (QED) is 0.672. The zero-order valence-electron chi connectivity index (χ0n) is 15.8. The number of carbonyl (C=O) groups is 1. The first-order valence-electron chi connectivity index (χ1n) is 8.40. The predicted molar refractivity (Wildman–Crippen MR) is 99.5 cm³/mol. The summed E-state index contributed by atoms with van der Waals surface area (Å²) in [4.78, 5) is 16.1. The molecule has 1 N–H and O–H groups in total. The molecular formula is C19H18F3N3O4. The molecule has 10 heteroatoms. The summed E-state index contributed by atoms with van der Waals surface area (Å²) in [5, 5.41) is 2.55. The molecule has 3 rings (SSSR count). The molecule has 0 aliphatic heterocycles. The minimum atomic E-state index is -4.70. The lowest BCUT2D eigenvalue weighted by Gasteiger charge is -2.15. The maximum absolute atomic E-state index is 13.4. The number of nitrogens with zero attached hydrogens (tertiary/aromatic N) is 2. The van der Waals surface area contributed by atoms with E-state index in [1.165, 1.54) is 45.6 Å². The minimum absolute atomic E-state index is 0.153. The van der Waals surface area contributed by atoms with Crippen molar-refractivity contribution >= 4 is 22.6 Å². The third-order valence-electron chi connectivity index (χ3n) is 4.16. The van der Waals surface area contributed by atoms with Gasteiger partial charge in [0.2, 0.25) is 17.5 Å². The topological polar surface area (TPSA) is 74.6 Å². The van der Waals surface area contributed by atoms with Gasteiger partial charge >= 0.3 is 6.18 Å². The number of carbonyl (C=O) groups excluding carboxylic acids is 1. The molecule has 0 aliphatic rings. The Morgan fingerprint density at radius 1 is 1.07 bits per heavy atom. The van der Waals surface area contributed by atoms with Crippen LogP contribution >= 0.6 is 0 Å². The normalized spacial score (nSPS) is 11.4. The van der Waals surface area contributed by atoms with Crippen molar-refractivity contribution in [1.29, 1.82) is 0 Å². The maximum Gasteiger partial charge on any atom is 0.449 e. The fraction of sp³-hybridized carbons (Fsp3) is 0.263. The second-order valence-electron chi connectivity index (χ2n) is 5.97. The number of para-hydroxylation sites is 2. The van der Waals surface area contributed by atoms with Gasteiger partial charge < -0.3 is 24.1 Å². The zero-order valence-corrected chi connectivity index (χ0v) is 15.8. The van der Waals surface area contributed by atoms with E-state index >= 15 is 0 Å². The summed E-state index contributed by atoms with van der Waals surface area (Å²) >= 11 is 0. The molecule has 1 amide bonds.